The molecule has 2 N–H and O–H groups in total. The van der Waals surface area contributed by atoms with Crippen LogP contribution in [0.25, 0.3) is 11.0 Å². The molecule has 0 saturated carbocycles. The van der Waals surface area contributed by atoms with Crippen molar-refractivity contribution in [3.05, 3.63) is 30.1 Å². The Balaban J connectivity index is 1.66. The number of nitrogens with two attached hydrogens (primary N) is 1. The van der Waals surface area contributed by atoms with Gasteiger partial charge in [0.25, 0.3) is 0 Å². The number of aliphatic imine (C=N–C) groups is 1. The van der Waals surface area contributed by atoms with E-state index in [-0.39, 0.29) is 6.10 Å². The Morgan fingerprint density at radius 2 is 2.27 bits per heavy atom. The molecular formula is C16H23N5O. The van der Waals surface area contributed by atoms with Gasteiger partial charge in [0.2, 0.25) is 0 Å². The van der Waals surface area contributed by atoms with Crippen molar-refractivity contribution in [3.63, 3.8) is 0 Å². The van der Waals surface area contributed by atoms with Gasteiger partial charge in [-0.1, -0.05) is 12.1 Å². The minimum atomic E-state index is 0.210. The SMILES string of the molecule is Cc1nc2ccccc2n1CCN=C(N)N1CCOC(C)C1. The number of aromatic nitrogens is 2. The lowest BCUT2D eigenvalue weighted by Crippen LogP contribution is -2.48. The number of para-hydroxylation sites is 2. The van der Waals surface area contributed by atoms with E-state index in [2.05, 4.69) is 32.4 Å². The molecule has 1 saturated heterocycles. The molecule has 1 unspecified atom stereocenters. The van der Waals surface area contributed by atoms with Gasteiger partial charge in [-0.15, -0.1) is 0 Å². The molecule has 22 heavy (non-hydrogen) atoms. The maximum Gasteiger partial charge on any atom is 0.191 e. The highest BCUT2D eigenvalue weighted by Crippen LogP contribution is 2.15. The number of fused-ring (bicyclic) bond motifs is 1. The molecule has 1 atom stereocenters. The molecule has 0 amide bonds. The van der Waals surface area contributed by atoms with Gasteiger partial charge in [0.15, 0.2) is 5.96 Å². The summed E-state index contributed by atoms with van der Waals surface area (Å²) in [6.07, 6.45) is 0.210. The first-order chi connectivity index (χ1) is 10.6. The van der Waals surface area contributed by atoms with Gasteiger partial charge >= 0.3 is 0 Å². The molecule has 1 aromatic carbocycles. The highest BCUT2D eigenvalue weighted by Gasteiger charge is 2.17. The topological polar surface area (TPSA) is 68.7 Å². The molecule has 1 aromatic heterocycles. The van der Waals surface area contributed by atoms with Crippen molar-refractivity contribution >= 4 is 17.0 Å². The van der Waals surface area contributed by atoms with E-state index in [0.29, 0.717) is 19.1 Å². The summed E-state index contributed by atoms with van der Waals surface area (Å²) in [6, 6.07) is 8.17. The van der Waals surface area contributed by atoms with Crippen LogP contribution < -0.4 is 5.73 Å². The summed E-state index contributed by atoms with van der Waals surface area (Å²) < 4.78 is 7.71. The van der Waals surface area contributed by atoms with Crippen LogP contribution in [0.2, 0.25) is 0 Å². The average Bonchev–Trinajstić information content (AvgIpc) is 2.83. The number of imidazole rings is 1. The molecule has 0 spiro atoms. The Morgan fingerprint density at radius 3 is 3.09 bits per heavy atom. The quantitative estimate of drug-likeness (QED) is 0.687. The smallest absolute Gasteiger partial charge is 0.191 e. The standard InChI is InChI=1S/C16H23N5O/c1-12-11-20(9-10-22-12)16(17)18-7-8-21-13(2)19-14-5-3-4-6-15(14)21/h3-6,12H,7-11H2,1-2H3,(H2,17,18). The van der Waals surface area contributed by atoms with Gasteiger partial charge in [0.05, 0.1) is 30.3 Å². The molecule has 2 heterocycles. The molecule has 6 heteroatoms. The molecule has 2 aromatic rings. The molecule has 0 aliphatic carbocycles. The minimum absolute atomic E-state index is 0.210. The number of benzene rings is 1. The second-order valence-corrected chi connectivity index (χ2v) is 5.67. The molecule has 1 aliphatic heterocycles. The van der Waals surface area contributed by atoms with Gasteiger partial charge in [-0.2, -0.15) is 0 Å². The van der Waals surface area contributed by atoms with Gasteiger partial charge in [-0.25, -0.2) is 4.98 Å². The summed E-state index contributed by atoms with van der Waals surface area (Å²) in [5.41, 5.74) is 8.27. The highest BCUT2D eigenvalue weighted by atomic mass is 16.5. The number of guanidine groups is 1. The number of ether oxygens (including phenoxy) is 1. The van der Waals surface area contributed by atoms with Crippen molar-refractivity contribution < 1.29 is 4.74 Å². The second-order valence-electron chi connectivity index (χ2n) is 5.67. The second kappa shape index (κ2) is 6.36. The third-order valence-electron chi connectivity index (χ3n) is 4.01. The van der Waals surface area contributed by atoms with Crippen LogP contribution in [0.15, 0.2) is 29.3 Å². The Bertz CT molecular complexity index is 678. The van der Waals surface area contributed by atoms with Crippen LogP contribution in [0.5, 0.6) is 0 Å². The van der Waals surface area contributed by atoms with Crippen molar-refractivity contribution in [1.82, 2.24) is 14.5 Å². The normalized spacial score (nSPS) is 19.8. The first kappa shape index (κ1) is 14.8. The first-order valence-electron chi connectivity index (χ1n) is 7.73. The molecule has 0 bridgehead atoms. The van der Waals surface area contributed by atoms with Crippen LogP contribution in [0.4, 0.5) is 0 Å². The maximum absolute atomic E-state index is 6.10. The van der Waals surface area contributed by atoms with E-state index in [9.17, 15) is 0 Å². The van der Waals surface area contributed by atoms with E-state index in [4.69, 9.17) is 10.5 Å². The average molecular weight is 301 g/mol. The zero-order chi connectivity index (χ0) is 15.5. The van der Waals surface area contributed by atoms with E-state index in [0.717, 1.165) is 36.5 Å². The Kier molecular flexibility index (Phi) is 4.29. The predicted molar refractivity (Wildman–Crippen MR) is 87.9 cm³/mol. The summed E-state index contributed by atoms with van der Waals surface area (Å²) in [5, 5.41) is 0. The zero-order valence-corrected chi connectivity index (χ0v) is 13.2. The number of morpholine rings is 1. The van der Waals surface area contributed by atoms with Crippen LogP contribution >= 0.6 is 0 Å². The molecule has 1 fully saturated rings. The summed E-state index contributed by atoms with van der Waals surface area (Å²) in [5.74, 6) is 1.62. The zero-order valence-electron chi connectivity index (χ0n) is 13.2. The molecule has 118 valence electrons. The van der Waals surface area contributed by atoms with Crippen molar-refractivity contribution in [2.75, 3.05) is 26.2 Å². The monoisotopic (exact) mass is 301 g/mol. The summed E-state index contributed by atoms with van der Waals surface area (Å²) >= 11 is 0. The highest BCUT2D eigenvalue weighted by molar-refractivity contribution is 5.78. The lowest BCUT2D eigenvalue weighted by Gasteiger charge is -2.31. The van der Waals surface area contributed by atoms with Gasteiger partial charge in [0.1, 0.15) is 5.82 Å². The Labute approximate surface area is 130 Å². The van der Waals surface area contributed by atoms with E-state index in [1.165, 1.54) is 0 Å². The lowest BCUT2D eigenvalue weighted by molar-refractivity contribution is 0.00529. The van der Waals surface area contributed by atoms with E-state index >= 15 is 0 Å². The van der Waals surface area contributed by atoms with Crippen molar-refractivity contribution in [2.45, 2.75) is 26.5 Å². The van der Waals surface area contributed by atoms with Gasteiger partial charge < -0.3 is 19.9 Å². The van der Waals surface area contributed by atoms with E-state index in [1.807, 2.05) is 25.1 Å². The third kappa shape index (κ3) is 3.06. The molecule has 3 rings (SSSR count). The van der Waals surface area contributed by atoms with Crippen LogP contribution in [-0.4, -0.2) is 52.8 Å². The summed E-state index contributed by atoms with van der Waals surface area (Å²) in [4.78, 5) is 11.2. The largest absolute Gasteiger partial charge is 0.375 e. The van der Waals surface area contributed by atoms with Crippen molar-refractivity contribution in [1.29, 1.82) is 0 Å². The number of nitrogens with zero attached hydrogens (tertiary/aromatic N) is 4. The first-order valence-corrected chi connectivity index (χ1v) is 7.73. The lowest BCUT2D eigenvalue weighted by atomic mass is 10.3. The van der Waals surface area contributed by atoms with E-state index < -0.39 is 0 Å². The third-order valence-corrected chi connectivity index (χ3v) is 4.01. The molecule has 0 radical (unpaired) electrons. The van der Waals surface area contributed by atoms with Crippen LogP contribution in [0.3, 0.4) is 0 Å². The van der Waals surface area contributed by atoms with Gasteiger partial charge in [-0.05, 0) is 26.0 Å². The number of rotatable bonds is 3. The van der Waals surface area contributed by atoms with Crippen LogP contribution in [0.1, 0.15) is 12.7 Å². The molecular weight excluding hydrogens is 278 g/mol. The summed E-state index contributed by atoms with van der Waals surface area (Å²) in [7, 11) is 0. The number of hydrogen-bond acceptors (Lipinski definition) is 3. The van der Waals surface area contributed by atoms with Crippen LogP contribution in [0, 0.1) is 6.92 Å². The fraction of sp³-hybridized carbons (Fsp3) is 0.500. The Hall–Kier alpha value is -2.08. The predicted octanol–water partition coefficient (Wildman–Crippen LogP) is 1.38. The number of aryl methyl sites for hydroxylation is 1. The van der Waals surface area contributed by atoms with Gasteiger partial charge in [-0.3, -0.25) is 4.99 Å². The maximum atomic E-state index is 6.10. The summed E-state index contributed by atoms with van der Waals surface area (Å²) in [6.45, 7) is 7.85. The van der Waals surface area contributed by atoms with Gasteiger partial charge in [0, 0.05) is 19.6 Å². The molecule has 6 nitrogen and oxygen atoms in total. The van der Waals surface area contributed by atoms with Crippen molar-refractivity contribution in [3.8, 4) is 0 Å². The fourth-order valence-corrected chi connectivity index (χ4v) is 2.87. The van der Waals surface area contributed by atoms with Crippen molar-refractivity contribution in [2.24, 2.45) is 10.7 Å². The number of hydrogen-bond donors (Lipinski definition) is 1. The molecule has 1 aliphatic rings. The van der Waals surface area contributed by atoms with Crippen LogP contribution in [-0.2, 0) is 11.3 Å². The fourth-order valence-electron chi connectivity index (χ4n) is 2.87. The van der Waals surface area contributed by atoms with E-state index in [1.54, 1.807) is 0 Å². The Morgan fingerprint density at radius 1 is 1.45 bits per heavy atom. The minimum Gasteiger partial charge on any atom is -0.375 e.